The second-order valence-corrected chi connectivity index (χ2v) is 8.74. The molecule has 1 aliphatic rings. The molecule has 31 heavy (non-hydrogen) atoms. The molecule has 2 heterocycles. The lowest BCUT2D eigenvalue weighted by Gasteiger charge is -2.29. The van der Waals surface area contributed by atoms with E-state index in [0.29, 0.717) is 24.2 Å². The number of hydrogen-bond donors (Lipinski definition) is 0. The minimum absolute atomic E-state index is 0.128. The van der Waals surface area contributed by atoms with Crippen LogP contribution in [0.25, 0.3) is 0 Å². The van der Waals surface area contributed by atoms with Crippen LogP contribution in [0.15, 0.2) is 64.2 Å². The van der Waals surface area contributed by atoms with Gasteiger partial charge in [0.15, 0.2) is 0 Å². The Labute approximate surface area is 193 Å². The lowest BCUT2D eigenvalue weighted by atomic mass is 10.1. The number of halogens is 1. The van der Waals surface area contributed by atoms with Gasteiger partial charge in [0.1, 0.15) is 6.61 Å². The molecule has 0 unspecified atom stereocenters. The smallest absolute Gasteiger partial charge is 0.410 e. The maximum atomic E-state index is 13.1. The lowest BCUT2D eigenvalue weighted by molar-refractivity contribution is 0.0909. The molecular formula is C23H22IN3O4. The summed E-state index contributed by atoms with van der Waals surface area (Å²) in [5.74, 6) is 0. The first-order valence-electron chi connectivity index (χ1n) is 9.95. The van der Waals surface area contributed by atoms with E-state index in [-0.39, 0.29) is 30.9 Å². The van der Waals surface area contributed by atoms with Crippen LogP contribution in [0.4, 0.5) is 4.79 Å². The van der Waals surface area contributed by atoms with Gasteiger partial charge >= 0.3 is 11.8 Å². The third-order valence-electron chi connectivity index (χ3n) is 5.46. The number of carbonyl (C=O) groups is 1. The Bertz CT molecular complexity index is 1220. The summed E-state index contributed by atoms with van der Waals surface area (Å²) in [6.07, 6.45) is -0.0340. The standard InChI is InChI=1S/C23H22IN3O4/c1-25-20-11-12-26(23(30)31-15-17-7-9-18(24)10-8-17)14-19(20)21(28)27(22(25)29)13-16-5-3-2-4-6-16/h2-10H,11-15H2,1H3. The molecule has 0 bridgehead atoms. The summed E-state index contributed by atoms with van der Waals surface area (Å²) in [6.45, 7) is 0.887. The third kappa shape index (κ3) is 4.58. The van der Waals surface area contributed by atoms with E-state index in [1.165, 1.54) is 14.0 Å². The van der Waals surface area contributed by atoms with Crippen molar-refractivity contribution in [1.82, 2.24) is 14.0 Å². The number of rotatable bonds is 4. The predicted molar refractivity (Wildman–Crippen MR) is 125 cm³/mol. The lowest BCUT2D eigenvalue weighted by Crippen LogP contribution is -2.48. The van der Waals surface area contributed by atoms with Gasteiger partial charge in [0.05, 0.1) is 18.7 Å². The number of aromatic nitrogens is 2. The minimum Gasteiger partial charge on any atom is -0.445 e. The van der Waals surface area contributed by atoms with Crippen molar-refractivity contribution in [3.8, 4) is 0 Å². The zero-order valence-corrected chi connectivity index (χ0v) is 19.2. The second-order valence-electron chi connectivity index (χ2n) is 7.50. The van der Waals surface area contributed by atoms with Crippen molar-refractivity contribution in [1.29, 1.82) is 0 Å². The quantitative estimate of drug-likeness (QED) is 0.486. The van der Waals surface area contributed by atoms with Gasteiger partial charge in [-0.1, -0.05) is 42.5 Å². The van der Waals surface area contributed by atoms with E-state index in [4.69, 9.17) is 4.74 Å². The van der Waals surface area contributed by atoms with Gasteiger partial charge in [-0.05, 0) is 45.9 Å². The molecule has 0 fully saturated rings. The average molecular weight is 531 g/mol. The highest BCUT2D eigenvalue weighted by atomic mass is 127. The van der Waals surface area contributed by atoms with Crippen molar-refractivity contribution in [2.24, 2.45) is 7.05 Å². The molecule has 7 nitrogen and oxygen atoms in total. The fraction of sp³-hybridized carbons (Fsp3) is 0.261. The zero-order chi connectivity index (χ0) is 22.0. The largest absolute Gasteiger partial charge is 0.445 e. The van der Waals surface area contributed by atoms with Crippen molar-refractivity contribution in [3.05, 3.63) is 101 Å². The van der Waals surface area contributed by atoms with Crippen molar-refractivity contribution < 1.29 is 9.53 Å². The maximum Gasteiger partial charge on any atom is 0.410 e. The molecule has 0 saturated heterocycles. The number of fused-ring (bicyclic) bond motifs is 1. The normalized spacial score (nSPS) is 13.0. The Morgan fingerprint density at radius 3 is 2.45 bits per heavy atom. The van der Waals surface area contributed by atoms with Crippen LogP contribution < -0.4 is 11.2 Å². The zero-order valence-electron chi connectivity index (χ0n) is 17.1. The molecule has 2 aromatic carbocycles. The van der Waals surface area contributed by atoms with Crippen molar-refractivity contribution in [2.45, 2.75) is 26.1 Å². The average Bonchev–Trinajstić information content (AvgIpc) is 2.80. The van der Waals surface area contributed by atoms with Crippen LogP contribution in [0.1, 0.15) is 22.4 Å². The van der Waals surface area contributed by atoms with Gasteiger partial charge < -0.3 is 14.2 Å². The number of benzene rings is 2. The summed E-state index contributed by atoms with van der Waals surface area (Å²) in [4.78, 5) is 40.1. The monoisotopic (exact) mass is 531 g/mol. The molecule has 1 aromatic heterocycles. The number of carbonyl (C=O) groups excluding carboxylic acids is 1. The van der Waals surface area contributed by atoms with Crippen LogP contribution in [0.2, 0.25) is 0 Å². The van der Waals surface area contributed by atoms with Crippen LogP contribution in [-0.2, 0) is 37.9 Å². The van der Waals surface area contributed by atoms with Gasteiger partial charge in [-0.15, -0.1) is 0 Å². The first-order chi connectivity index (χ1) is 14.9. The topological polar surface area (TPSA) is 73.5 Å². The van der Waals surface area contributed by atoms with E-state index in [9.17, 15) is 14.4 Å². The molecule has 0 radical (unpaired) electrons. The summed E-state index contributed by atoms with van der Waals surface area (Å²) < 4.78 is 9.31. The Morgan fingerprint density at radius 1 is 1.03 bits per heavy atom. The second kappa shape index (κ2) is 9.09. The first-order valence-corrected chi connectivity index (χ1v) is 11.0. The van der Waals surface area contributed by atoms with E-state index in [1.807, 2.05) is 54.6 Å². The molecule has 1 amide bonds. The van der Waals surface area contributed by atoms with Crippen LogP contribution in [0.5, 0.6) is 0 Å². The van der Waals surface area contributed by atoms with Gasteiger partial charge in [-0.25, -0.2) is 9.59 Å². The number of amides is 1. The van der Waals surface area contributed by atoms with Gasteiger partial charge in [0, 0.05) is 29.3 Å². The van der Waals surface area contributed by atoms with Gasteiger partial charge in [0.2, 0.25) is 0 Å². The van der Waals surface area contributed by atoms with E-state index in [2.05, 4.69) is 22.6 Å². The predicted octanol–water partition coefficient (Wildman–Crippen LogP) is 2.89. The highest BCUT2D eigenvalue weighted by Gasteiger charge is 2.27. The van der Waals surface area contributed by atoms with Gasteiger partial charge in [-0.2, -0.15) is 0 Å². The summed E-state index contributed by atoms with van der Waals surface area (Å²) in [5, 5.41) is 0. The van der Waals surface area contributed by atoms with Crippen LogP contribution in [0.3, 0.4) is 0 Å². The number of ether oxygens (including phenoxy) is 1. The number of nitrogens with zero attached hydrogens (tertiary/aromatic N) is 3. The van der Waals surface area contributed by atoms with Crippen molar-refractivity contribution in [2.75, 3.05) is 6.54 Å². The maximum absolute atomic E-state index is 13.1. The Hall–Kier alpha value is -2.88. The van der Waals surface area contributed by atoms with E-state index >= 15 is 0 Å². The molecule has 160 valence electrons. The Kier molecular flexibility index (Phi) is 6.26. The summed E-state index contributed by atoms with van der Waals surface area (Å²) in [5.41, 5.74) is 2.22. The molecule has 0 spiro atoms. The number of hydrogen-bond acceptors (Lipinski definition) is 4. The SMILES string of the molecule is Cn1c2c(c(=O)n(Cc3ccccc3)c1=O)CN(C(=O)OCc1ccc(I)cc1)CC2. The third-order valence-corrected chi connectivity index (χ3v) is 6.18. The molecule has 4 rings (SSSR count). The first kappa shape index (κ1) is 21.4. The molecule has 1 aliphatic heterocycles. The van der Waals surface area contributed by atoms with Crippen molar-refractivity contribution in [3.63, 3.8) is 0 Å². The molecule has 0 atom stereocenters. The summed E-state index contributed by atoms with van der Waals surface area (Å²) >= 11 is 2.22. The fourth-order valence-corrected chi connectivity index (χ4v) is 4.10. The molecule has 8 heteroatoms. The van der Waals surface area contributed by atoms with E-state index < -0.39 is 6.09 Å². The molecule has 3 aromatic rings. The highest BCUT2D eigenvalue weighted by molar-refractivity contribution is 14.1. The minimum atomic E-state index is -0.466. The highest BCUT2D eigenvalue weighted by Crippen LogP contribution is 2.16. The summed E-state index contributed by atoms with van der Waals surface area (Å²) in [7, 11) is 1.67. The Balaban J connectivity index is 1.55. The molecule has 0 aliphatic carbocycles. The molecular weight excluding hydrogens is 509 g/mol. The molecule has 0 saturated carbocycles. The van der Waals surface area contributed by atoms with Crippen molar-refractivity contribution >= 4 is 28.7 Å². The van der Waals surface area contributed by atoms with Gasteiger partial charge in [-0.3, -0.25) is 9.36 Å². The van der Waals surface area contributed by atoms with Crippen LogP contribution in [0, 0.1) is 3.57 Å². The fourth-order valence-electron chi connectivity index (χ4n) is 3.74. The molecule has 0 N–H and O–H groups in total. The summed E-state index contributed by atoms with van der Waals surface area (Å²) in [6, 6.07) is 17.1. The van der Waals surface area contributed by atoms with E-state index in [0.717, 1.165) is 14.7 Å². The van der Waals surface area contributed by atoms with Crippen LogP contribution in [-0.4, -0.2) is 26.7 Å². The van der Waals surface area contributed by atoms with Gasteiger partial charge in [0.25, 0.3) is 5.56 Å². The Morgan fingerprint density at radius 2 is 1.74 bits per heavy atom. The van der Waals surface area contributed by atoms with E-state index in [1.54, 1.807) is 7.05 Å². The van der Waals surface area contributed by atoms with Crippen LogP contribution >= 0.6 is 22.6 Å².